The van der Waals surface area contributed by atoms with Gasteiger partial charge >= 0.3 is 0 Å². The molecule has 0 N–H and O–H groups in total. The van der Waals surface area contributed by atoms with Gasteiger partial charge in [-0.25, -0.2) is 8.78 Å². The van der Waals surface area contributed by atoms with Gasteiger partial charge in [-0.1, -0.05) is 57.3 Å². The second kappa shape index (κ2) is 10.3. The molecule has 27 heavy (non-hydrogen) atoms. The van der Waals surface area contributed by atoms with Crippen LogP contribution < -0.4 is 0 Å². The summed E-state index contributed by atoms with van der Waals surface area (Å²) in [6.45, 7) is 2.29. The molecule has 0 spiro atoms. The number of rotatable bonds is 5. The fourth-order valence-electron chi connectivity index (χ4n) is 5.13. The average molecular weight is 373 g/mol. The summed E-state index contributed by atoms with van der Waals surface area (Å²) in [4.78, 5) is 0. The summed E-state index contributed by atoms with van der Waals surface area (Å²) < 4.78 is 26.3. The van der Waals surface area contributed by atoms with Crippen molar-refractivity contribution in [3.05, 3.63) is 35.4 Å². The summed E-state index contributed by atoms with van der Waals surface area (Å²) in [7, 11) is 0. The molecule has 0 aromatic heterocycles. The van der Waals surface area contributed by atoms with E-state index in [0.29, 0.717) is 11.5 Å². The van der Waals surface area contributed by atoms with Gasteiger partial charge in [0.1, 0.15) is 0 Å². The lowest BCUT2D eigenvalue weighted by atomic mass is 9.69. The maximum Gasteiger partial charge on any atom is 0.160 e. The van der Waals surface area contributed by atoms with Gasteiger partial charge in [-0.15, -0.1) is 0 Å². The van der Waals surface area contributed by atoms with E-state index in [9.17, 15) is 8.78 Å². The minimum Gasteiger partial charge on any atom is -0.204 e. The molecule has 2 aliphatic rings. The Labute approximate surface area is 164 Å². The number of halogens is 2. The zero-order chi connectivity index (χ0) is 19.1. The van der Waals surface area contributed by atoms with E-state index >= 15 is 0 Å². The quantitative estimate of drug-likeness (QED) is 0.370. The predicted molar refractivity (Wildman–Crippen MR) is 108 cm³/mol. The van der Waals surface area contributed by atoms with Crippen LogP contribution in [0.1, 0.15) is 89.5 Å². The highest BCUT2D eigenvalue weighted by molar-refractivity contribution is 5.35. The minimum atomic E-state index is -0.809. The molecule has 1 aromatic rings. The van der Waals surface area contributed by atoms with E-state index in [0.717, 1.165) is 36.7 Å². The van der Waals surface area contributed by atoms with Crippen LogP contribution in [0.2, 0.25) is 0 Å². The standard InChI is InChI=1S/C25H34F2/c1-2-3-4-5-19-8-13-22(14-9-19)23-15-10-20(11-16-23)6-7-21-12-17-24(26)25(27)18-21/h12,17-20,22-23H,2-5,8-11,13-16H2,1H3. The molecule has 0 saturated heterocycles. The molecule has 0 atom stereocenters. The lowest BCUT2D eigenvalue weighted by Crippen LogP contribution is -2.25. The van der Waals surface area contributed by atoms with Crippen molar-refractivity contribution in [2.45, 2.75) is 84.0 Å². The average Bonchev–Trinajstić information content (AvgIpc) is 2.70. The van der Waals surface area contributed by atoms with Gasteiger partial charge in [-0.05, 0) is 74.5 Å². The van der Waals surface area contributed by atoms with Gasteiger partial charge in [0.25, 0.3) is 0 Å². The van der Waals surface area contributed by atoms with Crippen molar-refractivity contribution < 1.29 is 8.78 Å². The molecular formula is C25H34F2. The summed E-state index contributed by atoms with van der Waals surface area (Å²) >= 11 is 0. The van der Waals surface area contributed by atoms with Crippen molar-refractivity contribution in [3.63, 3.8) is 0 Å². The molecule has 0 heterocycles. The zero-order valence-corrected chi connectivity index (χ0v) is 16.8. The fraction of sp³-hybridized carbons (Fsp3) is 0.680. The SMILES string of the molecule is CCCCCC1CCC(C2CCC(C#Cc3ccc(F)c(F)c3)CC2)CC1. The van der Waals surface area contributed by atoms with Crippen LogP contribution in [-0.2, 0) is 0 Å². The van der Waals surface area contributed by atoms with Gasteiger partial charge in [-0.3, -0.25) is 0 Å². The van der Waals surface area contributed by atoms with Crippen molar-refractivity contribution >= 4 is 0 Å². The Balaban J connectivity index is 1.41. The highest BCUT2D eigenvalue weighted by Crippen LogP contribution is 2.42. The second-order valence-corrected chi connectivity index (χ2v) is 8.79. The highest BCUT2D eigenvalue weighted by atomic mass is 19.2. The number of hydrogen-bond acceptors (Lipinski definition) is 0. The molecule has 148 valence electrons. The summed E-state index contributed by atoms with van der Waals surface area (Å²) in [6.07, 6.45) is 16.3. The maximum atomic E-state index is 13.3. The molecule has 0 nitrogen and oxygen atoms in total. The predicted octanol–water partition coefficient (Wildman–Crippen LogP) is 7.51. The smallest absolute Gasteiger partial charge is 0.160 e. The molecule has 0 unspecified atom stereocenters. The Morgan fingerprint density at radius 3 is 2.15 bits per heavy atom. The van der Waals surface area contributed by atoms with Crippen molar-refractivity contribution in [2.24, 2.45) is 23.7 Å². The first-order valence-corrected chi connectivity index (χ1v) is 11.1. The topological polar surface area (TPSA) is 0 Å². The minimum absolute atomic E-state index is 0.416. The summed E-state index contributed by atoms with van der Waals surface area (Å²) in [5, 5.41) is 0. The van der Waals surface area contributed by atoms with E-state index in [-0.39, 0.29) is 0 Å². The third-order valence-electron chi connectivity index (χ3n) is 6.89. The molecule has 0 aliphatic heterocycles. The van der Waals surface area contributed by atoms with Crippen molar-refractivity contribution in [2.75, 3.05) is 0 Å². The normalized spacial score (nSPS) is 28.4. The Bertz CT molecular complexity index is 638. The third kappa shape index (κ3) is 6.06. The first-order valence-electron chi connectivity index (χ1n) is 11.1. The van der Waals surface area contributed by atoms with E-state index in [1.54, 1.807) is 6.07 Å². The second-order valence-electron chi connectivity index (χ2n) is 8.79. The van der Waals surface area contributed by atoms with Crippen molar-refractivity contribution in [1.82, 2.24) is 0 Å². The van der Waals surface area contributed by atoms with Crippen molar-refractivity contribution in [3.8, 4) is 11.8 Å². The van der Waals surface area contributed by atoms with Crippen LogP contribution in [0.4, 0.5) is 8.78 Å². The zero-order valence-electron chi connectivity index (χ0n) is 16.8. The Morgan fingerprint density at radius 2 is 1.52 bits per heavy atom. The Hall–Kier alpha value is -1.36. The summed E-state index contributed by atoms with van der Waals surface area (Å²) in [5.74, 6) is 7.98. The Morgan fingerprint density at radius 1 is 0.852 bits per heavy atom. The molecule has 0 bridgehead atoms. The first kappa shape index (κ1) is 20.4. The van der Waals surface area contributed by atoms with Crippen LogP contribution in [-0.4, -0.2) is 0 Å². The van der Waals surface area contributed by atoms with Gasteiger partial charge < -0.3 is 0 Å². The largest absolute Gasteiger partial charge is 0.204 e. The van der Waals surface area contributed by atoms with Crippen LogP contribution in [0, 0.1) is 47.1 Å². The lowest BCUT2D eigenvalue weighted by Gasteiger charge is -2.37. The summed E-state index contributed by atoms with van der Waals surface area (Å²) in [5.41, 5.74) is 0.581. The molecule has 2 aliphatic carbocycles. The van der Waals surface area contributed by atoms with Crippen LogP contribution in [0.15, 0.2) is 18.2 Å². The Kier molecular flexibility index (Phi) is 7.74. The monoisotopic (exact) mass is 372 g/mol. The molecule has 2 fully saturated rings. The number of benzene rings is 1. The van der Waals surface area contributed by atoms with Gasteiger partial charge in [0.05, 0.1) is 0 Å². The lowest BCUT2D eigenvalue weighted by molar-refractivity contribution is 0.153. The third-order valence-corrected chi connectivity index (χ3v) is 6.89. The number of hydrogen-bond donors (Lipinski definition) is 0. The van der Waals surface area contributed by atoms with Crippen LogP contribution in [0.3, 0.4) is 0 Å². The fourth-order valence-corrected chi connectivity index (χ4v) is 5.13. The molecule has 1 aromatic carbocycles. The molecular weight excluding hydrogens is 338 g/mol. The first-order chi connectivity index (χ1) is 13.2. The van der Waals surface area contributed by atoms with Gasteiger partial charge in [0.15, 0.2) is 11.6 Å². The van der Waals surface area contributed by atoms with Gasteiger partial charge in [0, 0.05) is 11.5 Å². The maximum absolute atomic E-state index is 13.3. The highest BCUT2D eigenvalue weighted by Gasteiger charge is 2.30. The van der Waals surface area contributed by atoms with Gasteiger partial charge in [-0.2, -0.15) is 0 Å². The molecule has 0 radical (unpaired) electrons. The van der Waals surface area contributed by atoms with Crippen molar-refractivity contribution in [1.29, 1.82) is 0 Å². The van der Waals surface area contributed by atoms with E-state index in [1.807, 2.05) is 0 Å². The van der Waals surface area contributed by atoms with Crippen LogP contribution in [0.25, 0.3) is 0 Å². The van der Waals surface area contributed by atoms with Crippen LogP contribution in [0.5, 0.6) is 0 Å². The number of unbranched alkanes of at least 4 members (excludes halogenated alkanes) is 2. The van der Waals surface area contributed by atoms with E-state index < -0.39 is 11.6 Å². The van der Waals surface area contributed by atoms with E-state index in [2.05, 4.69) is 18.8 Å². The van der Waals surface area contributed by atoms with Gasteiger partial charge in [0.2, 0.25) is 0 Å². The molecule has 2 saturated carbocycles. The van der Waals surface area contributed by atoms with E-state index in [4.69, 9.17) is 0 Å². The summed E-state index contributed by atoms with van der Waals surface area (Å²) in [6, 6.07) is 3.93. The molecule has 0 amide bonds. The molecule has 3 rings (SSSR count). The van der Waals surface area contributed by atoms with Crippen LogP contribution >= 0.6 is 0 Å². The molecule has 2 heteroatoms. The van der Waals surface area contributed by atoms with E-state index in [1.165, 1.54) is 70.3 Å².